The number of nitrogens with two attached hydrogens (primary N) is 2. The van der Waals surface area contributed by atoms with Gasteiger partial charge >= 0.3 is 6.18 Å². The molecule has 1 aromatic rings. The molecular formula is C36H58F3N5O6. The summed E-state index contributed by atoms with van der Waals surface area (Å²) in [7, 11) is 0. The molecule has 1 rings (SSSR count). The minimum absolute atomic E-state index is 0.00482. The van der Waals surface area contributed by atoms with Crippen molar-refractivity contribution in [3.05, 3.63) is 35.9 Å². The van der Waals surface area contributed by atoms with Gasteiger partial charge in [0.2, 0.25) is 29.5 Å². The Labute approximate surface area is 294 Å². The number of carbonyl (C=O) groups excluding carboxylic acids is 5. The molecule has 0 aliphatic carbocycles. The summed E-state index contributed by atoms with van der Waals surface area (Å²) in [6, 6.07) is 4.27. The Bertz CT molecular complexity index is 1210. The predicted octanol–water partition coefficient (Wildman–Crippen LogP) is 4.04. The number of benzene rings is 1. The van der Waals surface area contributed by atoms with Crippen LogP contribution in [0.3, 0.4) is 0 Å². The number of rotatable bonds is 24. The Morgan fingerprint density at radius 2 is 1.34 bits per heavy atom. The predicted molar refractivity (Wildman–Crippen MR) is 185 cm³/mol. The number of hydrogen-bond acceptors (Lipinski definition) is 6. The van der Waals surface area contributed by atoms with Gasteiger partial charge in [0.05, 0.1) is 12.0 Å². The van der Waals surface area contributed by atoms with E-state index < -0.39 is 84.6 Å². The van der Waals surface area contributed by atoms with Crippen LogP contribution in [-0.4, -0.2) is 65.0 Å². The van der Waals surface area contributed by atoms with Crippen LogP contribution < -0.4 is 27.4 Å². The molecule has 11 nitrogen and oxygen atoms in total. The highest BCUT2D eigenvalue weighted by molar-refractivity contribution is 5.94. The molecule has 0 aliphatic rings. The molecule has 5 amide bonds. The van der Waals surface area contributed by atoms with Crippen molar-refractivity contribution in [3.8, 4) is 0 Å². The van der Waals surface area contributed by atoms with Gasteiger partial charge in [-0.3, -0.25) is 24.0 Å². The summed E-state index contributed by atoms with van der Waals surface area (Å²) in [4.78, 5) is 65.1. The van der Waals surface area contributed by atoms with E-state index in [9.17, 15) is 42.3 Å². The van der Waals surface area contributed by atoms with Crippen LogP contribution in [0.4, 0.5) is 13.2 Å². The van der Waals surface area contributed by atoms with Crippen LogP contribution >= 0.6 is 0 Å². The Kier molecular flexibility index (Phi) is 19.7. The summed E-state index contributed by atoms with van der Waals surface area (Å²) in [5.74, 6) is -6.04. The maximum atomic E-state index is 13.9. The zero-order chi connectivity index (χ0) is 38.0. The molecule has 0 aromatic heterocycles. The molecule has 284 valence electrons. The first-order valence-corrected chi connectivity index (χ1v) is 17.7. The first-order chi connectivity index (χ1) is 23.4. The molecule has 3 unspecified atom stereocenters. The molecule has 6 atom stereocenters. The summed E-state index contributed by atoms with van der Waals surface area (Å²) < 4.78 is 40.3. The molecule has 0 radical (unpaired) electrons. The fourth-order valence-corrected chi connectivity index (χ4v) is 6.01. The highest BCUT2D eigenvalue weighted by Crippen LogP contribution is 2.28. The minimum Gasteiger partial charge on any atom is -0.382 e. The van der Waals surface area contributed by atoms with Gasteiger partial charge in [0, 0.05) is 18.8 Å². The molecule has 0 bridgehead atoms. The SMILES string of the molecule is CCCCCCCCC(C(N)=O)[C@@H](C(=O)N[C@@H](Cc1ccccc1)C(=O)N[C@@H](CC(C)C)C(=O)NC(CCC(N)=O)C(O)C(F)(F)F)C(C)C. The average Bonchev–Trinajstić information content (AvgIpc) is 3.02. The van der Waals surface area contributed by atoms with Crippen LogP contribution in [0, 0.1) is 23.7 Å². The van der Waals surface area contributed by atoms with Crippen LogP contribution in [-0.2, 0) is 30.4 Å². The zero-order valence-corrected chi connectivity index (χ0v) is 30.1. The summed E-state index contributed by atoms with van der Waals surface area (Å²) in [6.45, 7) is 9.19. The smallest absolute Gasteiger partial charge is 0.382 e. The second-order valence-corrected chi connectivity index (χ2v) is 13.9. The zero-order valence-electron chi connectivity index (χ0n) is 30.1. The van der Waals surface area contributed by atoms with Gasteiger partial charge in [-0.2, -0.15) is 13.2 Å². The second-order valence-electron chi connectivity index (χ2n) is 13.9. The number of nitrogens with one attached hydrogen (secondary N) is 3. The average molecular weight is 714 g/mol. The van der Waals surface area contributed by atoms with Crippen LogP contribution in [0.1, 0.15) is 104 Å². The van der Waals surface area contributed by atoms with Crippen LogP contribution in [0.2, 0.25) is 0 Å². The summed E-state index contributed by atoms with van der Waals surface area (Å²) in [5, 5.41) is 17.4. The maximum absolute atomic E-state index is 13.9. The third-order valence-corrected chi connectivity index (χ3v) is 8.69. The van der Waals surface area contributed by atoms with Gasteiger partial charge in [0.25, 0.3) is 0 Å². The summed E-state index contributed by atoms with van der Waals surface area (Å²) in [5.41, 5.74) is 11.6. The first kappa shape index (κ1) is 44.3. The van der Waals surface area contributed by atoms with E-state index in [-0.39, 0.29) is 24.7 Å². The molecule has 0 aliphatic heterocycles. The van der Waals surface area contributed by atoms with Crippen LogP contribution in [0.15, 0.2) is 30.3 Å². The van der Waals surface area contributed by atoms with E-state index in [2.05, 4.69) is 22.9 Å². The van der Waals surface area contributed by atoms with Crippen molar-refractivity contribution in [2.45, 2.75) is 136 Å². The largest absolute Gasteiger partial charge is 0.416 e. The van der Waals surface area contributed by atoms with Crippen molar-refractivity contribution < 1.29 is 42.3 Å². The number of carbonyl (C=O) groups is 5. The van der Waals surface area contributed by atoms with Crippen LogP contribution in [0.5, 0.6) is 0 Å². The second kappa shape index (κ2) is 22.2. The van der Waals surface area contributed by atoms with Gasteiger partial charge < -0.3 is 32.5 Å². The molecule has 1 aromatic carbocycles. The van der Waals surface area contributed by atoms with E-state index in [4.69, 9.17) is 11.5 Å². The Balaban J connectivity index is 3.34. The molecule has 0 heterocycles. The topological polar surface area (TPSA) is 194 Å². The van der Waals surface area contributed by atoms with E-state index in [1.54, 1.807) is 58.0 Å². The van der Waals surface area contributed by atoms with Gasteiger partial charge in [0.1, 0.15) is 12.1 Å². The molecule has 50 heavy (non-hydrogen) atoms. The van der Waals surface area contributed by atoms with E-state index >= 15 is 0 Å². The Morgan fingerprint density at radius 3 is 1.86 bits per heavy atom. The lowest BCUT2D eigenvalue weighted by Gasteiger charge is -2.31. The third kappa shape index (κ3) is 16.4. The lowest BCUT2D eigenvalue weighted by Crippen LogP contribution is -2.59. The lowest BCUT2D eigenvalue weighted by molar-refractivity contribution is -0.212. The molecular weight excluding hydrogens is 655 g/mol. The number of aliphatic hydroxyl groups is 1. The van der Waals surface area contributed by atoms with Crippen molar-refractivity contribution >= 4 is 29.5 Å². The normalized spacial score (nSPS) is 15.4. The molecule has 0 saturated heterocycles. The first-order valence-electron chi connectivity index (χ1n) is 17.7. The van der Waals surface area contributed by atoms with Crippen molar-refractivity contribution in [2.24, 2.45) is 35.1 Å². The summed E-state index contributed by atoms with van der Waals surface area (Å²) >= 11 is 0. The standard InChI is InChI=1S/C36H58F3N5O6/c1-6-7-8-9-10-14-17-25(32(41)47)30(23(4)5)35(50)44-28(21-24-15-12-11-13-16-24)34(49)43-27(20-22(2)3)33(48)42-26(18-19-29(40)45)31(46)36(37,38)39/h11-13,15-16,22-23,25-28,30-31,46H,6-10,14,17-21H2,1-5H3,(H2,40,45)(H2,41,47)(H,42,48)(H,43,49)(H,44,50)/t25?,26?,27-,28-,30-,31?/m0/s1. The quantitative estimate of drug-likeness (QED) is 0.0876. The number of unbranched alkanes of at least 4 members (excludes halogenated alkanes) is 5. The summed E-state index contributed by atoms with van der Waals surface area (Å²) in [6.07, 6.45) is -2.92. The van der Waals surface area contributed by atoms with Gasteiger partial charge in [-0.25, -0.2) is 0 Å². The number of hydrogen-bond donors (Lipinski definition) is 6. The van der Waals surface area contributed by atoms with Crippen molar-refractivity contribution in [3.63, 3.8) is 0 Å². The molecule has 0 saturated carbocycles. The number of alkyl halides is 3. The minimum atomic E-state index is -5.11. The number of primary amides is 2. The Morgan fingerprint density at radius 1 is 0.780 bits per heavy atom. The Hall–Kier alpha value is -3.68. The van der Waals surface area contributed by atoms with E-state index in [1.807, 2.05) is 0 Å². The van der Waals surface area contributed by atoms with Crippen molar-refractivity contribution in [2.75, 3.05) is 0 Å². The fraction of sp³-hybridized carbons (Fsp3) is 0.694. The van der Waals surface area contributed by atoms with Crippen molar-refractivity contribution in [1.82, 2.24) is 16.0 Å². The van der Waals surface area contributed by atoms with Crippen LogP contribution in [0.25, 0.3) is 0 Å². The number of halogens is 3. The highest BCUT2D eigenvalue weighted by Gasteiger charge is 2.45. The molecule has 0 spiro atoms. The monoisotopic (exact) mass is 713 g/mol. The van der Waals surface area contributed by atoms with Crippen molar-refractivity contribution in [1.29, 1.82) is 0 Å². The highest BCUT2D eigenvalue weighted by atomic mass is 19.4. The number of aliphatic hydroxyl groups excluding tert-OH is 1. The van der Waals surface area contributed by atoms with Gasteiger partial charge in [-0.05, 0) is 36.7 Å². The van der Waals surface area contributed by atoms with Gasteiger partial charge in [-0.1, -0.05) is 103 Å². The molecule has 14 heteroatoms. The van der Waals surface area contributed by atoms with Gasteiger partial charge in [0.15, 0.2) is 6.10 Å². The fourth-order valence-electron chi connectivity index (χ4n) is 6.01. The molecule has 0 fully saturated rings. The third-order valence-electron chi connectivity index (χ3n) is 8.69. The van der Waals surface area contributed by atoms with E-state index in [0.29, 0.717) is 18.4 Å². The van der Waals surface area contributed by atoms with Gasteiger partial charge in [-0.15, -0.1) is 0 Å². The number of amides is 5. The molecule has 8 N–H and O–H groups in total. The lowest BCUT2D eigenvalue weighted by atomic mass is 9.79. The maximum Gasteiger partial charge on any atom is 0.416 e. The van der Waals surface area contributed by atoms with E-state index in [0.717, 1.165) is 32.1 Å². The van der Waals surface area contributed by atoms with E-state index in [1.165, 1.54) is 0 Å².